The van der Waals surface area contributed by atoms with E-state index in [9.17, 15) is 4.79 Å². The molecule has 0 aliphatic rings. The van der Waals surface area contributed by atoms with Crippen molar-refractivity contribution in [3.05, 3.63) is 82.3 Å². The van der Waals surface area contributed by atoms with Crippen LogP contribution in [0.15, 0.2) is 59.7 Å². The van der Waals surface area contributed by atoms with E-state index in [0.717, 1.165) is 33.3 Å². The summed E-state index contributed by atoms with van der Waals surface area (Å²) in [5.74, 6) is 0. The van der Waals surface area contributed by atoms with Crippen LogP contribution in [0.2, 0.25) is 0 Å². The molecule has 0 saturated carbocycles. The third-order valence-electron chi connectivity index (χ3n) is 5.43. The number of aryl methyl sites for hydroxylation is 1. The van der Waals surface area contributed by atoms with E-state index >= 15 is 0 Å². The van der Waals surface area contributed by atoms with Crippen LogP contribution in [0.4, 0.5) is 5.69 Å². The number of nitrogens with two attached hydrogens (primary N) is 1. The molecule has 0 saturated heterocycles. The van der Waals surface area contributed by atoms with Crippen molar-refractivity contribution in [3.63, 3.8) is 0 Å². The van der Waals surface area contributed by atoms with E-state index in [1.165, 1.54) is 0 Å². The summed E-state index contributed by atoms with van der Waals surface area (Å²) < 4.78 is 1.76. The molecule has 3 heterocycles. The predicted octanol–water partition coefficient (Wildman–Crippen LogP) is 3.55. The number of hydrogen-bond acceptors (Lipinski definition) is 5. The Morgan fingerprint density at radius 3 is 2.81 bits per heavy atom. The number of benzene rings is 2. The van der Waals surface area contributed by atoms with Gasteiger partial charge in [-0.1, -0.05) is 18.2 Å². The lowest BCUT2D eigenvalue weighted by Crippen LogP contribution is -2.13. The molecule has 150 valence electrons. The standard InChI is InChI=1S/C23H17N7O/c1-25-21-15-4-3-9-26-19(15)8-7-16(21)22-18(12-27-30(22)2)13-5-6-14-17(10-13)20(11-24)28-29-23(14)31/h3-10,12H,11,24H2,2H3,(H,29,31). The highest BCUT2D eigenvalue weighted by Gasteiger charge is 2.19. The first-order valence-corrected chi connectivity index (χ1v) is 9.61. The Hall–Kier alpha value is -4.35. The van der Waals surface area contributed by atoms with Crippen LogP contribution in [-0.4, -0.2) is 25.0 Å². The zero-order chi connectivity index (χ0) is 21.5. The summed E-state index contributed by atoms with van der Waals surface area (Å²) in [6.07, 6.45) is 3.48. The molecule has 0 aliphatic carbocycles. The van der Waals surface area contributed by atoms with Crippen molar-refractivity contribution in [2.45, 2.75) is 6.54 Å². The van der Waals surface area contributed by atoms with E-state index in [0.29, 0.717) is 22.2 Å². The van der Waals surface area contributed by atoms with Gasteiger partial charge in [0, 0.05) is 41.7 Å². The Bertz CT molecular complexity index is 1570. The average Bonchev–Trinajstić information content (AvgIpc) is 3.19. The molecule has 0 unspecified atom stereocenters. The Kier molecular flexibility index (Phi) is 4.31. The molecular weight excluding hydrogens is 390 g/mol. The van der Waals surface area contributed by atoms with Gasteiger partial charge in [-0.25, -0.2) is 9.94 Å². The van der Waals surface area contributed by atoms with Crippen LogP contribution in [0.1, 0.15) is 5.69 Å². The van der Waals surface area contributed by atoms with Gasteiger partial charge in [0.1, 0.15) is 0 Å². The first-order valence-electron chi connectivity index (χ1n) is 9.61. The largest absolute Gasteiger partial charge is 0.325 e. The van der Waals surface area contributed by atoms with Gasteiger partial charge in [0.2, 0.25) is 5.69 Å². The molecule has 8 nitrogen and oxygen atoms in total. The maximum atomic E-state index is 12.2. The molecule has 3 aromatic heterocycles. The number of aromatic amines is 1. The zero-order valence-corrected chi connectivity index (χ0v) is 16.6. The normalized spacial score (nSPS) is 11.1. The molecule has 0 fully saturated rings. The highest BCUT2D eigenvalue weighted by Crippen LogP contribution is 2.41. The second-order valence-corrected chi connectivity index (χ2v) is 7.14. The number of nitrogens with zero attached hydrogens (tertiary/aromatic N) is 5. The smallest absolute Gasteiger partial charge is 0.272 e. The van der Waals surface area contributed by atoms with E-state index < -0.39 is 0 Å². The minimum Gasteiger partial charge on any atom is -0.325 e. The van der Waals surface area contributed by atoms with Crippen LogP contribution in [0, 0.1) is 6.57 Å². The predicted molar refractivity (Wildman–Crippen MR) is 119 cm³/mol. The summed E-state index contributed by atoms with van der Waals surface area (Å²) in [5.41, 5.74) is 10.8. The van der Waals surface area contributed by atoms with E-state index in [1.54, 1.807) is 23.1 Å². The van der Waals surface area contributed by atoms with Crippen LogP contribution in [0.3, 0.4) is 0 Å². The fourth-order valence-electron chi connectivity index (χ4n) is 3.96. The Morgan fingerprint density at radius 1 is 1.13 bits per heavy atom. The minimum absolute atomic E-state index is 0.205. The maximum Gasteiger partial charge on any atom is 0.272 e. The monoisotopic (exact) mass is 407 g/mol. The second kappa shape index (κ2) is 7.16. The fraction of sp³-hybridized carbons (Fsp3) is 0.0870. The molecule has 0 atom stereocenters. The molecule has 2 aromatic carbocycles. The van der Waals surface area contributed by atoms with Gasteiger partial charge in [-0.2, -0.15) is 10.2 Å². The second-order valence-electron chi connectivity index (χ2n) is 7.14. The van der Waals surface area contributed by atoms with Gasteiger partial charge in [0.15, 0.2) is 0 Å². The Morgan fingerprint density at radius 2 is 2.00 bits per heavy atom. The van der Waals surface area contributed by atoms with Crippen LogP contribution < -0.4 is 11.3 Å². The van der Waals surface area contributed by atoms with Gasteiger partial charge in [-0.15, -0.1) is 0 Å². The summed E-state index contributed by atoms with van der Waals surface area (Å²) >= 11 is 0. The van der Waals surface area contributed by atoms with E-state index in [2.05, 4.69) is 25.1 Å². The van der Waals surface area contributed by atoms with Gasteiger partial charge in [-0.3, -0.25) is 14.5 Å². The van der Waals surface area contributed by atoms with Crippen molar-refractivity contribution >= 4 is 27.4 Å². The summed E-state index contributed by atoms with van der Waals surface area (Å²) in [6.45, 7) is 8.01. The fourth-order valence-corrected chi connectivity index (χ4v) is 3.96. The molecule has 3 N–H and O–H groups in total. The maximum absolute atomic E-state index is 12.2. The highest BCUT2D eigenvalue weighted by molar-refractivity contribution is 6.02. The molecule has 0 aliphatic heterocycles. The minimum atomic E-state index is -0.262. The number of hydrogen-bond donors (Lipinski definition) is 2. The lowest BCUT2D eigenvalue weighted by atomic mass is 9.96. The Labute approximate surface area is 176 Å². The van der Waals surface area contributed by atoms with Crippen LogP contribution >= 0.6 is 0 Å². The van der Waals surface area contributed by atoms with Crippen molar-refractivity contribution in [1.82, 2.24) is 25.0 Å². The molecule has 0 bridgehead atoms. The molecule has 5 aromatic rings. The highest BCUT2D eigenvalue weighted by atomic mass is 16.1. The first kappa shape index (κ1) is 18.7. The van der Waals surface area contributed by atoms with Crippen molar-refractivity contribution in [3.8, 4) is 22.4 Å². The van der Waals surface area contributed by atoms with E-state index in [1.807, 2.05) is 43.4 Å². The molecule has 0 amide bonds. The molecular formula is C23H17N7O. The van der Waals surface area contributed by atoms with Crippen molar-refractivity contribution in [2.75, 3.05) is 0 Å². The summed E-state index contributed by atoms with van der Waals surface area (Å²) in [7, 11) is 1.85. The van der Waals surface area contributed by atoms with E-state index in [-0.39, 0.29) is 12.1 Å². The van der Waals surface area contributed by atoms with Gasteiger partial charge >= 0.3 is 0 Å². The molecule has 0 spiro atoms. The third-order valence-corrected chi connectivity index (χ3v) is 5.43. The number of H-pyrrole nitrogens is 1. The van der Waals surface area contributed by atoms with Gasteiger partial charge in [0.25, 0.3) is 5.56 Å². The van der Waals surface area contributed by atoms with Crippen LogP contribution in [0.25, 0.3) is 48.9 Å². The van der Waals surface area contributed by atoms with Gasteiger partial charge in [0.05, 0.1) is 35.1 Å². The number of aromatic nitrogens is 5. The van der Waals surface area contributed by atoms with Crippen molar-refractivity contribution in [1.29, 1.82) is 0 Å². The summed E-state index contributed by atoms with van der Waals surface area (Å²) in [6, 6.07) is 13.1. The summed E-state index contributed by atoms with van der Waals surface area (Å²) in [5, 5.41) is 13.0. The van der Waals surface area contributed by atoms with Crippen LogP contribution in [0.5, 0.6) is 0 Å². The van der Waals surface area contributed by atoms with Crippen LogP contribution in [-0.2, 0) is 13.6 Å². The topological polar surface area (TPSA) is 107 Å². The molecule has 8 heteroatoms. The zero-order valence-electron chi connectivity index (χ0n) is 16.6. The van der Waals surface area contributed by atoms with Crippen molar-refractivity contribution in [2.24, 2.45) is 12.8 Å². The quantitative estimate of drug-likeness (QED) is 0.445. The molecule has 0 radical (unpaired) electrons. The SMILES string of the molecule is [C-]#[N+]c1c(-c2c(-c3ccc4c(=O)[nH]nc(CN)c4c3)cnn2C)ccc2ncccc12. The summed E-state index contributed by atoms with van der Waals surface area (Å²) in [4.78, 5) is 20.4. The Balaban J connectivity index is 1.79. The van der Waals surface area contributed by atoms with Gasteiger partial charge in [-0.05, 0) is 29.8 Å². The lowest BCUT2D eigenvalue weighted by Gasteiger charge is -2.12. The number of pyridine rings is 1. The number of rotatable bonds is 3. The third kappa shape index (κ3) is 2.87. The van der Waals surface area contributed by atoms with Gasteiger partial charge < -0.3 is 5.73 Å². The molecule has 31 heavy (non-hydrogen) atoms. The molecule has 5 rings (SSSR count). The number of fused-ring (bicyclic) bond motifs is 2. The average molecular weight is 407 g/mol. The lowest BCUT2D eigenvalue weighted by molar-refractivity contribution is 0.776. The number of nitrogens with one attached hydrogen (secondary N) is 1. The van der Waals surface area contributed by atoms with Crippen molar-refractivity contribution < 1.29 is 0 Å². The van der Waals surface area contributed by atoms with E-state index in [4.69, 9.17) is 12.3 Å². The first-order chi connectivity index (χ1) is 15.1.